The Balaban J connectivity index is 1.67. The highest BCUT2D eigenvalue weighted by molar-refractivity contribution is 7.18. The van der Waals surface area contributed by atoms with Gasteiger partial charge in [-0.25, -0.2) is 9.97 Å². The summed E-state index contributed by atoms with van der Waals surface area (Å²) in [6, 6.07) is 7.97. The molecule has 138 valence electrons. The van der Waals surface area contributed by atoms with Crippen molar-refractivity contribution in [1.29, 1.82) is 0 Å². The molecule has 0 radical (unpaired) electrons. The largest absolute Gasteiger partial charge is 0.493 e. The first-order valence-corrected chi connectivity index (χ1v) is 9.21. The monoisotopic (exact) mass is 381 g/mol. The number of nitrogens with zero attached hydrogens (tertiary/aromatic N) is 4. The van der Waals surface area contributed by atoms with E-state index in [9.17, 15) is 0 Å². The fourth-order valence-corrected chi connectivity index (χ4v) is 3.71. The van der Waals surface area contributed by atoms with Crippen LogP contribution in [-0.2, 0) is 6.54 Å². The lowest BCUT2D eigenvalue weighted by molar-refractivity contribution is 0.354. The number of rotatable bonds is 6. The standard InChI is InChI=1S/C19H19N5O2S/c1-12-8-14-17(21-10-13-4-5-15(25-2)16(9-13)26-3)22-19(23-18(14)27-12)24-7-6-20-11-24/h4-9,11H,10H2,1-3H3,(H,21,22,23). The maximum atomic E-state index is 5.38. The van der Waals surface area contributed by atoms with Gasteiger partial charge in [-0.2, -0.15) is 4.98 Å². The number of imidazole rings is 1. The van der Waals surface area contributed by atoms with Crippen molar-refractivity contribution in [2.75, 3.05) is 19.5 Å². The summed E-state index contributed by atoms with van der Waals surface area (Å²) in [5.74, 6) is 2.80. The van der Waals surface area contributed by atoms with E-state index in [1.807, 2.05) is 24.4 Å². The van der Waals surface area contributed by atoms with Gasteiger partial charge in [-0.1, -0.05) is 6.07 Å². The van der Waals surface area contributed by atoms with Crippen molar-refractivity contribution in [3.8, 4) is 17.4 Å². The third-order valence-electron chi connectivity index (χ3n) is 4.15. The first-order valence-electron chi connectivity index (χ1n) is 8.39. The van der Waals surface area contributed by atoms with Gasteiger partial charge in [-0.05, 0) is 30.7 Å². The van der Waals surface area contributed by atoms with Gasteiger partial charge < -0.3 is 14.8 Å². The minimum Gasteiger partial charge on any atom is -0.493 e. The second kappa shape index (κ2) is 7.24. The SMILES string of the molecule is COc1ccc(CNc2nc(-n3ccnc3)nc3sc(C)cc23)cc1OC. The van der Waals surface area contributed by atoms with E-state index in [2.05, 4.69) is 28.3 Å². The van der Waals surface area contributed by atoms with Gasteiger partial charge in [0.15, 0.2) is 11.5 Å². The second-order valence-electron chi connectivity index (χ2n) is 5.96. The van der Waals surface area contributed by atoms with E-state index >= 15 is 0 Å². The number of anilines is 1. The van der Waals surface area contributed by atoms with Crippen molar-refractivity contribution in [3.05, 3.63) is 53.4 Å². The molecule has 0 bridgehead atoms. The van der Waals surface area contributed by atoms with E-state index in [0.29, 0.717) is 24.0 Å². The molecule has 7 nitrogen and oxygen atoms in total. The van der Waals surface area contributed by atoms with Crippen LogP contribution in [0.2, 0.25) is 0 Å². The van der Waals surface area contributed by atoms with Gasteiger partial charge in [0.1, 0.15) is 17.0 Å². The molecule has 0 spiro atoms. The second-order valence-corrected chi connectivity index (χ2v) is 7.20. The van der Waals surface area contributed by atoms with Gasteiger partial charge in [0, 0.05) is 23.8 Å². The number of nitrogens with one attached hydrogen (secondary N) is 1. The summed E-state index contributed by atoms with van der Waals surface area (Å²) in [5, 5.41) is 4.45. The average Bonchev–Trinajstić information content (AvgIpc) is 3.34. The number of aryl methyl sites for hydroxylation is 1. The molecule has 0 aliphatic rings. The van der Waals surface area contributed by atoms with Crippen LogP contribution in [0.25, 0.3) is 16.2 Å². The van der Waals surface area contributed by atoms with Gasteiger partial charge in [0.05, 0.1) is 19.6 Å². The third kappa shape index (κ3) is 3.43. The molecule has 4 aromatic rings. The summed E-state index contributed by atoms with van der Waals surface area (Å²) >= 11 is 1.65. The van der Waals surface area contributed by atoms with E-state index in [-0.39, 0.29) is 0 Å². The molecule has 0 atom stereocenters. The van der Waals surface area contributed by atoms with Crippen LogP contribution in [-0.4, -0.2) is 33.7 Å². The third-order valence-corrected chi connectivity index (χ3v) is 5.09. The Kier molecular flexibility index (Phi) is 4.64. The Bertz CT molecular complexity index is 1080. The first kappa shape index (κ1) is 17.3. The van der Waals surface area contributed by atoms with Gasteiger partial charge in [0.2, 0.25) is 5.95 Å². The molecule has 0 amide bonds. The summed E-state index contributed by atoms with van der Waals surface area (Å²) in [4.78, 5) is 15.6. The van der Waals surface area contributed by atoms with Gasteiger partial charge in [0.25, 0.3) is 0 Å². The zero-order chi connectivity index (χ0) is 18.8. The van der Waals surface area contributed by atoms with Crippen LogP contribution in [0.5, 0.6) is 11.5 Å². The van der Waals surface area contributed by atoms with Crippen molar-refractivity contribution in [2.45, 2.75) is 13.5 Å². The summed E-state index contributed by atoms with van der Waals surface area (Å²) in [7, 11) is 3.26. The van der Waals surface area contributed by atoms with Crippen molar-refractivity contribution >= 4 is 27.4 Å². The van der Waals surface area contributed by atoms with Crippen LogP contribution in [0.3, 0.4) is 0 Å². The number of benzene rings is 1. The minimum absolute atomic E-state index is 0.594. The van der Waals surface area contributed by atoms with Gasteiger partial charge in [-0.3, -0.25) is 4.57 Å². The Morgan fingerprint density at radius 1 is 1.11 bits per heavy atom. The molecule has 1 aromatic carbocycles. The van der Waals surface area contributed by atoms with E-state index < -0.39 is 0 Å². The average molecular weight is 381 g/mol. The molecular formula is C19H19N5O2S. The van der Waals surface area contributed by atoms with Crippen molar-refractivity contribution < 1.29 is 9.47 Å². The van der Waals surface area contributed by atoms with Gasteiger partial charge in [-0.15, -0.1) is 11.3 Å². The molecule has 0 saturated carbocycles. The van der Waals surface area contributed by atoms with Crippen molar-refractivity contribution in [2.24, 2.45) is 0 Å². The molecule has 0 aliphatic carbocycles. The fraction of sp³-hybridized carbons (Fsp3) is 0.211. The molecular weight excluding hydrogens is 362 g/mol. The molecule has 3 heterocycles. The summed E-state index contributed by atoms with van der Waals surface area (Å²) in [5.41, 5.74) is 1.07. The molecule has 1 N–H and O–H groups in total. The molecule has 4 rings (SSSR count). The molecule has 0 fully saturated rings. The first-order chi connectivity index (χ1) is 13.2. The summed E-state index contributed by atoms with van der Waals surface area (Å²) in [6.07, 6.45) is 5.24. The number of ether oxygens (including phenoxy) is 2. The Hall–Kier alpha value is -3.13. The Morgan fingerprint density at radius 3 is 2.70 bits per heavy atom. The smallest absolute Gasteiger partial charge is 0.238 e. The van der Waals surface area contributed by atoms with Crippen LogP contribution in [0, 0.1) is 6.92 Å². The molecule has 27 heavy (non-hydrogen) atoms. The number of aromatic nitrogens is 4. The van der Waals surface area contributed by atoms with E-state index in [4.69, 9.17) is 14.5 Å². The lowest BCUT2D eigenvalue weighted by Crippen LogP contribution is -2.06. The highest BCUT2D eigenvalue weighted by Gasteiger charge is 2.12. The number of hydrogen-bond acceptors (Lipinski definition) is 7. The number of methoxy groups -OCH3 is 2. The molecule has 0 unspecified atom stereocenters. The zero-order valence-electron chi connectivity index (χ0n) is 15.3. The maximum Gasteiger partial charge on any atom is 0.238 e. The Labute approximate surface area is 160 Å². The zero-order valence-corrected chi connectivity index (χ0v) is 16.1. The highest BCUT2D eigenvalue weighted by atomic mass is 32.1. The number of thiophene rings is 1. The van der Waals surface area contributed by atoms with E-state index in [0.717, 1.165) is 21.6 Å². The lowest BCUT2D eigenvalue weighted by Gasteiger charge is -2.12. The lowest BCUT2D eigenvalue weighted by atomic mass is 10.2. The van der Waals surface area contributed by atoms with E-state index in [1.165, 1.54) is 4.88 Å². The van der Waals surface area contributed by atoms with Gasteiger partial charge >= 0.3 is 0 Å². The molecule has 3 aromatic heterocycles. The maximum absolute atomic E-state index is 5.38. The van der Waals surface area contributed by atoms with E-state index in [1.54, 1.807) is 42.6 Å². The predicted molar refractivity (Wildman–Crippen MR) is 106 cm³/mol. The van der Waals surface area contributed by atoms with Crippen LogP contribution in [0.4, 0.5) is 5.82 Å². The quantitative estimate of drug-likeness (QED) is 0.547. The van der Waals surface area contributed by atoms with Crippen LogP contribution in [0.15, 0.2) is 43.0 Å². The molecule has 0 aliphatic heterocycles. The van der Waals surface area contributed by atoms with Crippen LogP contribution >= 0.6 is 11.3 Å². The minimum atomic E-state index is 0.594. The number of fused-ring (bicyclic) bond motifs is 1. The highest BCUT2D eigenvalue weighted by Crippen LogP contribution is 2.31. The fourth-order valence-electron chi connectivity index (χ4n) is 2.83. The normalized spacial score (nSPS) is 10.9. The summed E-state index contributed by atoms with van der Waals surface area (Å²) in [6.45, 7) is 2.67. The number of hydrogen-bond donors (Lipinski definition) is 1. The molecule has 0 saturated heterocycles. The van der Waals surface area contributed by atoms with Crippen molar-refractivity contribution in [1.82, 2.24) is 19.5 Å². The summed E-state index contributed by atoms with van der Waals surface area (Å²) < 4.78 is 12.5. The van der Waals surface area contributed by atoms with Crippen molar-refractivity contribution in [3.63, 3.8) is 0 Å². The Morgan fingerprint density at radius 2 is 1.96 bits per heavy atom. The topological polar surface area (TPSA) is 74.1 Å². The molecule has 8 heteroatoms. The van der Waals surface area contributed by atoms with Crippen LogP contribution in [0.1, 0.15) is 10.4 Å². The van der Waals surface area contributed by atoms with Crippen LogP contribution < -0.4 is 14.8 Å². The predicted octanol–water partition coefficient (Wildman–Crippen LogP) is 3.81.